The van der Waals surface area contributed by atoms with Crippen LogP contribution in [0.15, 0.2) is 77.7 Å². The number of hydrogen-bond donors (Lipinski definition) is 1. The van der Waals surface area contributed by atoms with Gasteiger partial charge in [0.05, 0.1) is 21.2 Å². The Labute approximate surface area is 247 Å². The minimum atomic E-state index is -4.84. The van der Waals surface area contributed by atoms with Crippen LogP contribution < -0.4 is 9.62 Å². The van der Waals surface area contributed by atoms with E-state index in [1.54, 1.807) is 13.0 Å². The lowest BCUT2D eigenvalue weighted by Crippen LogP contribution is -2.52. The summed E-state index contributed by atoms with van der Waals surface area (Å²) in [4.78, 5) is 27.6. The predicted octanol–water partition coefficient (Wildman–Crippen LogP) is 6.03. The number of nitrogens with one attached hydrogen (secondary N) is 1. The third-order valence-corrected chi connectivity index (χ3v) is 8.71. The number of carbonyl (C=O) groups excluding carboxylic acids is 2. The van der Waals surface area contributed by atoms with E-state index in [-0.39, 0.29) is 21.5 Å². The molecule has 2 atom stereocenters. The Morgan fingerprint density at radius 1 is 0.976 bits per heavy atom. The van der Waals surface area contributed by atoms with Gasteiger partial charge in [0, 0.05) is 18.2 Å². The molecule has 0 spiro atoms. The molecule has 3 aromatic rings. The van der Waals surface area contributed by atoms with Crippen molar-refractivity contribution in [1.29, 1.82) is 0 Å². The van der Waals surface area contributed by atoms with Gasteiger partial charge in [-0.1, -0.05) is 54.9 Å². The third kappa shape index (κ3) is 7.80. The van der Waals surface area contributed by atoms with E-state index in [9.17, 15) is 35.6 Å². The lowest BCUT2D eigenvalue weighted by atomic mass is 10.1. The van der Waals surface area contributed by atoms with Crippen LogP contribution in [0.1, 0.15) is 38.3 Å². The Balaban J connectivity index is 2.13. The van der Waals surface area contributed by atoms with Gasteiger partial charge in [0.2, 0.25) is 11.8 Å². The lowest BCUT2D eigenvalue weighted by molar-refractivity contribution is -0.139. The molecule has 1 N–H and O–H groups in total. The Morgan fingerprint density at radius 2 is 1.60 bits per heavy atom. The van der Waals surface area contributed by atoms with Crippen LogP contribution in [-0.2, 0) is 32.3 Å². The molecular weight excluding hydrogens is 598 g/mol. The molecule has 2 amide bonds. The normalized spacial score (nSPS) is 13.2. The van der Waals surface area contributed by atoms with Crippen LogP contribution in [0.3, 0.4) is 0 Å². The highest BCUT2D eigenvalue weighted by molar-refractivity contribution is 7.92. The van der Waals surface area contributed by atoms with Crippen LogP contribution in [0, 0.1) is 5.82 Å². The number of benzene rings is 3. The van der Waals surface area contributed by atoms with Crippen molar-refractivity contribution in [2.24, 2.45) is 0 Å². The molecule has 0 radical (unpaired) electrons. The molecule has 3 rings (SSSR count). The Bertz CT molecular complexity index is 1520. The van der Waals surface area contributed by atoms with E-state index < -0.39 is 64.2 Å². The molecule has 0 aliphatic carbocycles. The van der Waals surface area contributed by atoms with Crippen LogP contribution in [0.5, 0.6) is 0 Å². The summed E-state index contributed by atoms with van der Waals surface area (Å²) >= 11 is 6.22. The van der Waals surface area contributed by atoms with Gasteiger partial charge in [-0.25, -0.2) is 12.8 Å². The van der Waals surface area contributed by atoms with E-state index >= 15 is 0 Å². The molecule has 0 saturated carbocycles. The first-order valence-electron chi connectivity index (χ1n) is 12.9. The largest absolute Gasteiger partial charge is 0.416 e. The Kier molecular flexibility index (Phi) is 10.6. The molecule has 226 valence electrons. The minimum Gasteiger partial charge on any atom is -0.352 e. The number of rotatable bonds is 11. The second kappa shape index (κ2) is 13.6. The topological polar surface area (TPSA) is 86.8 Å². The Morgan fingerprint density at radius 3 is 2.19 bits per heavy atom. The minimum absolute atomic E-state index is 0.0450. The van der Waals surface area contributed by atoms with Crippen molar-refractivity contribution >= 4 is 39.1 Å². The maximum Gasteiger partial charge on any atom is 0.416 e. The molecule has 0 aromatic heterocycles. The average molecular weight is 628 g/mol. The summed E-state index contributed by atoms with van der Waals surface area (Å²) in [5.74, 6) is -2.22. The van der Waals surface area contributed by atoms with E-state index in [4.69, 9.17) is 11.6 Å². The molecule has 0 fully saturated rings. The predicted molar refractivity (Wildman–Crippen MR) is 152 cm³/mol. The molecule has 0 saturated heterocycles. The number of alkyl halides is 3. The smallest absolute Gasteiger partial charge is 0.352 e. The van der Waals surface area contributed by atoms with Crippen LogP contribution in [0.2, 0.25) is 5.02 Å². The summed E-state index contributed by atoms with van der Waals surface area (Å²) < 4.78 is 83.5. The van der Waals surface area contributed by atoms with Gasteiger partial charge in [0.25, 0.3) is 10.0 Å². The molecule has 42 heavy (non-hydrogen) atoms. The summed E-state index contributed by atoms with van der Waals surface area (Å²) in [6.45, 7) is 3.52. The first kappa shape index (κ1) is 32.9. The SMILES string of the molecule is CC[C@@H](C)NC(=O)[C@@H](C)N(Cc1ccccc1F)C(=O)CN(c1cc(C(F)(F)F)ccc1Cl)S(=O)(=O)c1ccccc1. The second-order valence-corrected chi connectivity index (χ2v) is 11.9. The summed E-state index contributed by atoms with van der Waals surface area (Å²) in [6.07, 6.45) is -4.26. The molecule has 7 nitrogen and oxygen atoms in total. The van der Waals surface area contributed by atoms with Crippen LogP contribution in [-0.4, -0.2) is 43.8 Å². The van der Waals surface area contributed by atoms with Gasteiger partial charge < -0.3 is 10.2 Å². The van der Waals surface area contributed by atoms with Crippen molar-refractivity contribution in [1.82, 2.24) is 10.2 Å². The monoisotopic (exact) mass is 627 g/mol. The standard InChI is InChI=1S/C29H30ClF4N3O4S/c1-4-19(2)35-28(39)20(3)36(17-21-10-8-9-13-25(21)31)27(38)18-37(42(40,41)23-11-6-5-7-12-23)26-16-22(29(32,33)34)14-15-24(26)30/h5-16,19-20H,4,17-18H2,1-3H3,(H,35,39)/t19-,20-/m1/s1. The maximum atomic E-state index is 14.6. The fourth-order valence-electron chi connectivity index (χ4n) is 3.97. The van der Waals surface area contributed by atoms with E-state index in [0.29, 0.717) is 22.9 Å². The van der Waals surface area contributed by atoms with Gasteiger partial charge in [0.15, 0.2) is 0 Å². The summed E-state index contributed by atoms with van der Waals surface area (Å²) in [5, 5.41) is 2.37. The number of amides is 2. The molecule has 0 aliphatic heterocycles. The van der Waals surface area contributed by atoms with Crippen molar-refractivity contribution in [2.75, 3.05) is 10.8 Å². The number of sulfonamides is 1. The van der Waals surface area contributed by atoms with Crippen molar-refractivity contribution < 1.29 is 35.6 Å². The highest BCUT2D eigenvalue weighted by Gasteiger charge is 2.36. The number of hydrogen-bond acceptors (Lipinski definition) is 4. The highest BCUT2D eigenvalue weighted by Crippen LogP contribution is 2.37. The quantitative estimate of drug-likeness (QED) is 0.263. The van der Waals surface area contributed by atoms with Crippen LogP contribution >= 0.6 is 11.6 Å². The summed E-state index contributed by atoms with van der Waals surface area (Å²) in [5.41, 5.74) is -1.73. The van der Waals surface area contributed by atoms with Gasteiger partial charge in [-0.3, -0.25) is 13.9 Å². The fraction of sp³-hybridized carbons (Fsp3) is 0.310. The number of halogens is 5. The molecule has 0 unspecified atom stereocenters. The highest BCUT2D eigenvalue weighted by atomic mass is 35.5. The summed E-state index contributed by atoms with van der Waals surface area (Å²) in [6, 6.07) is 13.0. The molecule has 0 heterocycles. The van der Waals surface area contributed by atoms with E-state index in [2.05, 4.69) is 5.32 Å². The first-order valence-corrected chi connectivity index (χ1v) is 14.8. The zero-order valence-corrected chi connectivity index (χ0v) is 24.6. The zero-order valence-electron chi connectivity index (χ0n) is 23.0. The molecule has 13 heteroatoms. The third-order valence-electron chi connectivity index (χ3n) is 6.62. The van der Waals surface area contributed by atoms with Crippen LogP contribution in [0.25, 0.3) is 0 Å². The van der Waals surface area contributed by atoms with E-state index in [0.717, 1.165) is 17.0 Å². The van der Waals surface area contributed by atoms with Crippen molar-refractivity contribution in [3.8, 4) is 0 Å². The van der Waals surface area contributed by atoms with Gasteiger partial charge in [-0.15, -0.1) is 0 Å². The van der Waals surface area contributed by atoms with Gasteiger partial charge in [0.1, 0.15) is 18.4 Å². The molecule has 0 bridgehead atoms. The first-order chi connectivity index (χ1) is 19.7. The van der Waals surface area contributed by atoms with E-state index in [1.807, 2.05) is 6.92 Å². The number of anilines is 1. The molecule has 3 aromatic carbocycles. The van der Waals surface area contributed by atoms with E-state index in [1.165, 1.54) is 49.4 Å². The van der Waals surface area contributed by atoms with Crippen molar-refractivity contribution in [3.63, 3.8) is 0 Å². The number of nitrogens with zero attached hydrogens (tertiary/aromatic N) is 2. The van der Waals surface area contributed by atoms with Crippen molar-refractivity contribution in [2.45, 2.75) is 56.9 Å². The zero-order chi connectivity index (χ0) is 31.2. The van der Waals surface area contributed by atoms with Crippen LogP contribution in [0.4, 0.5) is 23.2 Å². The van der Waals surface area contributed by atoms with Crippen molar-refractivity contribution in [3.05, 3.63) is 94.8 Å². The average Bonchev–Trinajstić information content (AvgIpc) is 2.95. The lowest BCUT2D eigenvalue weighted by Gasteiger charge is -2.33. The Hall–Kier alpha value is -3.64. The van der Waals surface area contributed by atoms with Gasteiger partial charge in [-0.2, -0.15) is 13.2 Å². The number of carbonyl (C=O) groups is 2. The fourth-order valence-corrected chi connectivity index (χ4v) is 5.69. The van der Waals surface area contributed by atoms with Gasteiger partial charge in [-0.05, 0) is 56.7 Å². The second-order valence-electron chi connectivity index (χ2n) is 9.60. The molecule has 0 aliphatic rings. The maximum absolute atomic E-state index is 14.6. The van der Waals surface area contributed by atoms with Gasteiger partial charge >= 0.3 is 6.18 Å². The summed E-state index contributed by atoms with van der Waals surface area (Å²) in [7, 11) is -4.66. The molecular formula is C29H30ClF4N3O4S.